The van der Waals surface area contributed by atoms with Crippen LogP contribution in [0.25, 0.3) is 16.9 Å². The molecule has 1 fully saturated rings. The molecule has 7 nitrogen and oxygen atoms in total. The lowest BCUT2D eigenvalue weighted by atomic mass is 10.1. The molecule has 2 aliphatic rings. The van der Waals surface area contributed by atoms with Gasteiger partial charge in [-0.2, -0.15) is 4.57 Å². The molecule has 0 bridgehead atoms. The molecule has 30 heavy (non-hydrogen) atoms. The molecule has 0 spiro atoms. The highest BCUT2D eigenvalue weighted by Crippen LogP contribution is 2.35. The Morgan fingerprint density at radius 2 is 1.80 bits per heavy atom. The molecule has 5 rings (SSSR count). The van der Waals surface area contributed by atoms with Crippen molar-refractivity contribution in [3.05, 3.63) is 65.6 Å². The summed E-state index contributed by atoms with van der Waals surface area (Å²) in [7, 11) is 3.04. The summed E-state index contributed by atoms with van der Waals surface area (Å²) in [5.41, 5.74) is 2.19. The third-order valence-corrected chi connectivity index (χ3v) is 5.59. The van der Waals surface area contributed by atoms with Crippen molar-refractivity contribution in [3.8, 4) is 16.9 Å². The number of aliphatic imine (C=N–C) groups is 1. The lowest BCUT2D eigenvalue weighted by Gasteiger charge is -2.30. The molecule has 1 aromatic heterocycles. The number of carbonyl (C=O) groups is 2. The standard InChI is InChI=1S/C21H16ClFN5O2/c1-25-18-17(19(29)26(2)21(25)30)27-11-16(12-6-8-14(23)9-7-12)28(20(27)24-18)15-5-3-4-13(22)10-15/h3-11,17H,1-2H3/q+1. The first kappa shape index (κ1) is 18.5. The maximum Gasteiger partial charge on any atom is 0.407 e. The van der Waals surface area contributed by atoms with Gasteiger partial charge < -0.3 is 0 Å². The van der Waals surface area contributed by atoms with Crippen LogP contribution in [0.3, 0.4) is 0 Å². The summed E-state index contributed by atoms with van der Waals surface area (Å²) >= 11 is 6.22. The van der Waals surface area contributed by atoms with Crippen LogP contribution in [0.5, 0.6) is 0 Å². The zero-order valence-corrected chi connectivity index (χ0v) is 16.8. The molecule has 0 saturated carbocycles. The number of nitrogens with zero attached hydrogens (tertiary/aromatic N) is 5. The molecule has 0 radical (unpaired) electrons. The summed E-state index contributed by atoms with van der Waals surface area (Å²) in [5.74, 6) is 0.123. The van der Waals surface area contributed by atoms with Crippen molar-refractivity contribution in [1.29, 1.82) is 0 Å². The van der Waals surface area contributed by atoms with Gasteiger partial charge in [0.1, 0.15) is 23.4 Å². The van der Waals surface area contributed by atoms with Crippen LogP contribution >= 0.6 is 11.6 Å². The number of imide groups is 1. The number of fused-ring (bicyclic) bond motifs is 3. The number of hydrogen-bond donors (Lipinski definition) is 0. The van der Waals surface area contributed by atoms with Gasteiger partial charge in [-0.15, -0.1) is 0 Å². The number of halogens is 2. The fraction of sp³-hybridized carbons (Fsp3) is 0.143. The summed E-state index contributed by atoms with van der Waals surface area (Å²) < 4.78 is 17.1. The van der Waals surface area contributed by atoms with E-state index in [-0.39, 0.29) is 11.7 Å². The Morgan fingerprint density at radius 1 is 1.07 bits per heavy atom. The van der Waals surface area contributed by atoms with E-state index in [4.69, 9.17) is 11.6 Å². The smallest absolute Gasteiger partial charge is 0.270 e. The molecule has 9 heteroatoms. The number of amidine groups is 1. The average molecular weight is 425 g/mol. The van der Waals surface area contributed by atoms with Crippen molar-refractivity contribution in [2.24, 2.45) is 4.99 Å². The normalized spacial score (nSPS) is 17.9. The highest BCUT2D eigenvalue weighted by molar-refractivity contribution is 6.30. The minimum absolute atomic E-state index is 0.343. The predicted octanol–water partition coefficient (Wildman–Crippen LogP) is 3.33. The van der Waals surface area contributed by atoms with Crippen molar-refractivity contribution in [2.45, 2.75) is 6.04 Å². The van der Waals surface area contributed by atoms with Crippen LogP contribution in [0.4, 0.5) is 15.1 Å². The van der Waals surface area contributed by atoms with E-state index in [1.165, 1.54) is 24.1 Å². The second kappa shape index (κ2) is 6.50. The number of aromatic nitrogens is 2. The topological polar surface area (TPSA) is 61.8 Å². The van der Waals surface area contributed by atoms with E-state index in [0.717, 1.165) is 16.2 Å². The Bertz CT molecular complexity index is 1250. The van der Waals surface area contributed by atoms with E-state index in [1.54, 1.807) is 42.1 Å². The number of imidazole rings is 1. The highest BCUT2D eigenvalue weighted by Gasteiger charge is 2.52. The van der Waals surface area contributed by atoms with Gasteiger partial charge in [0, 0.05) is 24.7 Å². The number of carbonyl (C=O) groups excluding carboxylic acids is 2. The van der Waals surface area contributed by atoms with E-state index < -0.39 is 12.1 Å². The summed E-state index contributed by atoms with van der Waals surface area (Å²) in [6, 6.07) is 12.1. The molecule has 3 aromatic rings. The van der Waals surface area contributed by atoms with Gasteiger partial charge in [-0.3, -0.25) is 14.6 Å². The molecule has 0 aliphatic carbocycles. The molecule has 2 aliphatic heterocycles. The summed E-state index contributed by atoms with van der Waals surface area (Å²) in [6.07, 6.45) is 1.79. The Morgan fingerprint density at radius 3 is 2.50 bits per heavy atom. The SMILES string of the molecule is CN1C(=O)C2C(=Nc3n(-c4cccc(Cl)c4)c(-c4ccc(F)cc4)c[n+]32)N(C)C1=O. The van der Waals surface area contributed by atoms with Gasteiger partial charge in [-0.1, -0.05) is 22.7 Å². The van der Waals surface area contributed by atoms with Gasteiger partial charge in [0.2, 0.25) is 11.9 Å². The van der Waals surface area contributed by atoms with Gasteiger partial charge in [0.05, 0.1) is 0 Å². The Balaban J connectivity index is 1.78. The fourth-order valence-electron chi connectivity index (χ4n) is 3.84. The number of amides is 3. The molecule has 0 N–H and O–H groups in total. The van der Waals surface area contributed by atoms with E-state index >= 15 is 0 Å². The van der Waals surface area contributed by atoms with Crippen molar-refractivity contribution < 1.29 is 18.5 Å². The highest BCUT2D eigenvalue weighted by atomic mass is 35.5. The first-order chi connectivity index (χ1) is 14.4. The number of likely N-dealkylation sites (N-methyl/N-ethyl adjacent to an activating group) is 2. The van der Waals surface area contributed by atoms with E-state index in [9.17, 15) is 14.0 Å². The molecule has 150 valence electrons. The third-order valence-electron chi connectivity index (χ3n) is 5.36. The zero-order valence-electron chi connectivity index (χ0n) is 16.1. The number of rotatable bonds is 2. The molecule has 1 unspecified atom stereocenters. The molecule has 3 amide bonds. The lowest BCUT2D eigenvalue weighted by molar-refractivity contribution is -0.676. The zero-order chi connectivity index (χ0) is 21.2. The maximum absolute atomic E-state index is 13.5. The number of hydrogen-bond acceptors (Lipinski definition) is 3. The number of urea groups is 1. The second-order valence-electron chi connectivity index (χ2n) is 7.16. The Hall–Kier alpha value is -3.52. The summed E-state index contributed by atoms with van der Waals surface area (Å²) in [5, 5.41) is 0.538. The van der Waals surface area contributed by atoms with Crippen LogP contribution in [0.2, 0.25) is 5.02 Å². The second-order valence-corrected chi connectivity index (χ2v) is 7.59. The summed E-state index contributed by atoms with van der Waals surface area (Å²) in [4.78, 5) is 32.4. The first-order valence-corrected chi connectivity index (χ1v) is 9.57. The van der Waals surface area contributed by atoms with Crippen molar-refractivity contribution in [3.63, 3.8) is 0 Å². The van der Waals surface area contributed by atoms with Crippen molar-refractivity contribution in [1.82, 2.24) is 14.4 Å². The van der Waals surface area contributed by atoms with Crippen LogP contribution in [0, 0.1) is 5.82 Å². The molecule has 2 aromatic carbocycles. The van der Waals surface area contributed by atoms with Gasteiger partial charge in [0.25, 0.3) is 5.91 Å². The first-order valence-electron chi connectivity index (χ1n) is 9.19. The third kappa shape index (κ3) is 2.57. The van der Waals surface area contributed by atoms with E-state index in [2.05, 4.69) is 4.99 Å². The quantitative estimate of drug-likeness (QED) is 0.592. The molecular formula is C21H16ClFN5O2+. The predicted molar refractivity (Wildman–Crippen MR) is 108 cm³/mol. The minimum atomic E-state index is -0.757. The lowest BCUT2D eigenvalue weighted by Crippen LogP contribution is -2.61. The fourth-order valence-corrected chi connectivity index (χ4v) is 4.02. The Kier molecular flexibility index (Phi) is 4.01. The Labute approximate surface area is 176 Å². The van der Waals surface area contributed by atoms with E-state index in [1.807, 2.05) is 16.7 Å². The largest absolute Gasteiger partial charge is 0.407 e. The van der Waals surface area contributed by atoms with Crippen LogP contribution in [-0.2, 0) is 4.79 Å². The van der Waals surface area contributed by atoms with Gasteiger partial charge in [-0.25, -0.2) is 13.8 Å². The molecular weight excluding hydrogens is 409 g/mol. The number of benzene rings is 2. The van der Waals surface area contributed by atoms with Crippen LogP contribution in [-0.4, -0.2) is 46.2 Å². The van der Waals surface area contributed by atoms with Gasteiger partial charge in [0.15, 0.2) is 0 Å². The van der Waals surface area contributed by atoms with Gasteiger partial charge >= 0.3 is 12.0 Å². The van der Waals surface area contributed by atoms with Gasteiger partial charge in [-0.05, 0) is 42.5 Å². The minimum Gasteiger partial charge on any atom is -0.270 e. The monoisotopic (exact) mass is 424 g/mol. The van der Waals surface area contributed by atoms with E-state index in [0.29, 0.717) is 22.5 Å². The van der Waals surface area contributed by atoms with Crippen molar-refractivity contribution >= 4 is 35.3 Å². The van der Waals surface area contributed by atoms with Crippen LogP contribution < -0.4 is 4.57 Å². The molecule has 1 saturated heterocycles. The van der Waals surface area contributed by atoms with Crippen LogP contribution in [0.15, 0.2) is 59.7 Å². The average Bonchev–Trinajstić information content (AvgIpc) is 3.27. The molecule has 3 heterocycles. The molecule has 1 atom stereocenters. The summed E-state index contributed by atoms with van der Waals surface area (Å²) in [6.45, 7) is 0. The van der Waals surface area contributed by atoms with Crippen molar-refractivity contribution in [2.75, 3.05) is 14.1 Å². The van der Waals surface area contributed by atoms with Crippen LogP contribution in [0.1, 0.15) is 6.04 Å². The maximum atomic E-state index is 13.5.